The Bertz CT molecular complexity index is 357. The van der Waals surface area contributed by atoms with E-state index in [9.17, 15) is 9.59 Å². The quantitative estimate of drug-likeness (QED) is 0.795. The lowest BCUT2D eigenvalue weighted by atomic mass is 9.76. The maximum absolute atomic E-state index is 12.2. The molecule has 2 aliphatic rings. The van der Waals surface area contributed by atoms with E-state index < -0.39 is 5.54 Å². The predicted octanol–water partition coefficient (Wildman–Crippen LogP) is 2.92. The van der Waals surface area contributed by atoms with Crippen LogP contribution in [0.3, 0.4) is 0 Å². The van der Waals surface area contributed by atoms with Gasteiger partial charge in [0.25, 0.3) is 5.91 Å². The van der Waals surface area contributed by atoms with Gasteiger partial charge in [-0.15, -0.1) is 0 Å². The molecular weight excluding hydrogens is 240 g/mol. The molecule has 4 nitrogen and oxygen atoms in total. The summed E-state index contributed by atoms with van der Waals surface area (Å²) >= 11 is 0. The molecule has 0 atom stereocenters. The highest BCUT2D eigenvalue weighted by atomic mass is 16.2. The van der Waals surface area contributed by atoms with Crippen molar-refractivity contribution in [2.24, 2.45) is 11.8 Å². The predicted molar refractivity (Wildman–Crippen MR) is 74.7 cm³/mol. The Hall–Kier alpha value is -1.06. The number of nitrogens with zero attached hydrogens (tertiary/aromatic N) is 1. The minimum absolute atomic E-state index is 0.0612. The molecule has 1 aliphatic heterocycles. The number of carbonyl (C=O) groups excluding carboxylic acids is 2. The molecule has 0 unspecified atom stereocenters. The standard InChI is InChI=1S/C15H26N2O2/c1-11(2)5-4-10-17-14(19)16-13(18)15(17)8-6-12(3)7-9-15/h11-12H,4-10H2,1-3H3,(H,16,18,19). The summed E-state index contributed by atoms with van der Waals surface area (Å²) in [5, 5.41) is 2.53. The molecule has 1 heterocycles. The molecule has 0 aromatic carbocycles. The van der Waals surface area contributed by atoms with E-state index >= 15 is 0 Å². The van der Waals surface area contributed by atoms with Gasteiger partial charge in [0.15, 0.2) is 0 Å². The Morgan fingerprint density at radius 2 is 1.95 bits per heavy atom. The number of nitrogens with one attached hydrogen (secondary N) is 1. The smallest absolute Gasteiger partial charge is 0.310 e. The largest absolute Gasteiger partial charge is 0.325 e. The van der Waals surface area contributed by atoms with Crippen molar-refractivity contribution in [2.45, 2.75) is 64.8 Å². The molecule has 19 heavy (non-hydrogen) atoms. The van der Waals surface area contributed by atoms with E-state index in [4.69, 9.17) is 0 Å². The van der Waals surface area contributed by atoms with Gasteiger partial charge >= 0.3 is 6.03 Å². The average Bonchev–Trinajstić information content (AvgIpc) is 2.56. The second kappa shape index (κ2) is 5.51. The fourth-order valence-corrected chi connectivity index (χ4v) is 3.31. The molecule has 1 saturated heterocycles. The average molecular weight is 266 g/mol. The molecule has 108 valence electrons. The number of imide groups is 1. The van der Waals surface area contributed by atoms with Crippen LogP contribution in [0.2, 0.25) is 0 Å². The van der Waals surface area contributed by atoms with Crippen molar-refractivity contribution in [2.75, 3.05) is 6.54 Å². The molecule has 0 radical (unpaired) electrons. The van der Waals surface area contributed by atoms with Crippen LogP contribution in [-0.2, 0) is 4.79 Å². The summed E-state index contributed by atoms with van der Waals surface area (Å²) in [6, 6.07) is -0.177. The lowest BCUT2D eigenvalue weighted by Crippen LogP contribution is -2.52. The molecule has 0 bridgehead atoms. The van der Waals surface area contributed by atoms with E-state index in [0.29, 0.717) is 18.4 Å². The summed E-state index contributed by atoms with van der Waals surface area (Å²) in [6.07, 6.45) is 5.82. The van der Waals surface area contributed by atoms with Crippen LogP contribution in [0, 0.1) is 11.8 Å². The molecule has 1 aliphatic carbocycles. The van der Waals surface area contributed by atoms with Gasteiger partial charge in [-0.25, -0.2) is 4.79 Å². The van der Waals surface area contributed by atoms with Crippen molar-refractivity contribution in [3.05, 3.63) is 0 Å². The minimum atomic E-state index is -0.527. The molecule has 2 fully saturated rings. The van der Waals surface area contributed by atoms with Gasteiger partial charge in [-0.3, -0.25) is 10.1 Å². The van der Waals surface area contributed by atoms with Crippen molar-refractivity contribution in [3.63, 3.8) is 0 Å². The monoisotopic (exact) mass is 266 g/mol. The highest BCUT2D eigenvalue weighted by molar-refractivity contribution is 6.07. The highest BCUT2D eigenvalue weighted by Gasteiger charge is 2.53. The fourth-order valence-electron chi connectivity index (χ4n) is 3.31. The third kappa shape index (κ3) is 2.77. The molecule has 4 heteroatoms. The zero-order valence-corrected chi connectivity index (χ0v) is 12.4. The normalized spacial score (nSPS) is 31.4. The van der Waals surface area contributed by atoms with Gasteiger partial charge in [-0.1, -0.05) is 20.8 Å². The van der Waals surface area contributed by atoms with Crippen molar-refractivity contribution < 1.29 is 9.59 Å². The zero-order chi connectivity index (χ0) is 14.0. The van der Waals surface area contributed by atoms with Gasteiger partial charge in [-0.2, -0.15) is 0 Å². The van der Waals surface area contributed by atoms with Crippen LogP contribution in [-0.4, -0.2) is 28.9 Å². The van der Waals surface area contributed by atoms with Crippen LogP contribution in [0.5, 0.6) is 0 Å². The lowest BCUT2D eigenvalue weighted by Gasteiger charge is -2.40. The topological polar surface area (TPSA) is 49.4 Å². The zero-order valence-electron chi connectivity index (χ0n) is 12.4. The highest BCUT2D eigenvalue weighted by Crippen LogP contribution is 2.39. The lowest BCUT2D eigenvalue weighted by molar-refractivity contribution is -0.128. The van der Waals surface area contributed by atoms with Gasteiger partial charge in [0.05, 0.1) is 0 Å². The molecule has 2 rings (SSSR count). The summed E-state index contributed by atoms with van der Waals surface area (Å²) in [5.74, 6) is 1.25. The van der Waals surface area contributed by atoms with Gasteiger partial charge in [-0.05, 0) is 50.4 Å². The maximum Gasteiger partial charge on any atom is 0.325 e. The first kappa shape index (κ1) is 14.4. The van der Waals surface area contributed by atoms with Crippen molar-refractivity contribution >= 4 is 11.9 Å². The van der Waals surface area contributed by atoms with Crippen LogP contribution in [0.25, 0.3) is 0 Å². The van der Waals surface area contributed by atoms with Gasteiger partial charge in [0.2, 0.25) is 0 Å². The van der Waals surface area contributed by atoms with Crippen LogP contribution in [0.15, 0.2) is 0 Å². The number of carbonyl (C=O) groups is 2. The molecule has 0 aromatic rings. The minimum Gasteiger partial charge on any atom is -0.310 e. The second-order valence-electron chi connectivity index (χ2n) is 6.66. The number of hydrogen-bond acceptors (Lipinski definition) is 2. The summed E-state index contributed by atoms with van der Waals surface area (Å²) in [7, 11) is 0. The van der Waals surface area contributed by atoms with Crippen LogP contribution >= 0.6 is 0 Å². The first-order chi connectivity index (χ1) is 8.95. The molecular formula is C15H26N2O2. The first-order valence-corrected chi connectivity index (χ1v) is 7.59. The number of rotatable bonds is 4. The van der Waals surface area contributed by atoms with E-state index in [1.54, 1.807) is 0 Å². The van der Waals surface area contributed by atoms with E-state index in [-0.39, 0.29) is 11.9 Å². The fraction of sp³-hybridized carbons (Fsp3) is 0.867. The summed E-state index contributed by atoms with van der Waals surface area (Å²) in [4.78, 5) is 26.0. The molecule has 0 aromatic heterocycles. The van der Waals surface area contributed by atoms with Crippen LogP contribution in [0.1, 0.15) is 59.3 Å². The second-order valence-corrected chi connectivity index (χ2v) is 6.66. The Labute approximate surface area is 115 Å². The molecule has 1 spiro atoms. The summed E-state index contributed by atoms with van der Waals surface area (Å²) in [6.45, 7) is 7.31. The van der Waals surface area contributed by atoms with E-state index in [1.807, 2.05) is 4.90 Å². The van der Waals surface area contributed by atoms with Crippen LogP contribution < -0.4 is 5.32 Å². The Morgan fingerprint density at radius 1 is 1.32 bits per heavy atom. The van der Waals surface area contributed by atoms with Crippen molar-refractivity contribution in [1.82, 2.24) is 10.2 Å². The number of amides is 3. The number of hydrogen-bond donors (Lipinski definition) is 1. The van der Waals surface area contributed by atoms with Crippen molar-refractivity contribution in [1.29, 1.82) is 0 Å². The SMILES string of the molecule is CC(C)CCCN1C(=O)NC(=O)C12CCC(C)CC2. The Morgan fingerprint density at radius 3 is 2.53 bits per heavy atom. The summed E-state index contributed by atoms with van der Waals surface area (Å²) < 4.78 is 0. The third-order valence-electron chi connectivity index (χ3n) is 4.67. The van der Waals surface area contributed by atoms with E-state index in [1.165, 1.54) is 0 Å². The Kier molecular flexibility index (Phi) is 4.16. The number of urea groups is 1. The third-order valence-corrected chi connectivity index (χ3v) is 4.67. The van der Waals surface area contributed by atoms with Crippen LogP contribution in [0.4, 0.5) is 4.79 Å². The van der Waals surface area contributed by atoms with Crippen molar-refractivity contribution in [3.8, 4) is 0 Å². The van der Waals surface area contributed by atoms with Gasteiger partial charge < -0.3 is 4.90 Å². The first-order valence-electron chi connectivity index (χ1n) is 7.59. The molecule has 3 amide bonds. The molecule has 1 N–H and O–H groups in total. The molecule has 1 saturated carbocycles. The maximum atomic E-state index is 12.2. The van der Waals surface area contributed by atoms with Gasteiger partial charge in [0.1, 0.15) is 5.54 Å². The van der Waals surface area contributed by atoms with Gasteiger partial charge in [0, 0.05) is 6.54 Å². The van der Waals surface area contributed by atoms with E-state index in [2.05, 4.69) is 26.1 Å². The van der Waals surface area contributed by atoms with E-state index in [0.717, 1.165) is 38.5 Å². The Balaban J connectivity index is 2.05. The summed E-state index contributed by atoms with van der Waals surface area (Å²) in [5.41, 5.74) is -0.527.